The van der Waals surface area contributed by atoms with Crippen molar-refractivity contribution >= 4 is 6.08 Å². The molecule has 0 radical (unpaired) electrons. The lowest BCUT2D eigenvalue weighted by Crippen LogP contribution is -2.19. The van der Waals surface area contributed by atoms with Gasteiger partial charge in [-0.25, -0.2) is 0 Å². The Morgan fingerprint density at radius 3 is 2.71 bits per heavy atom. The molecule has 1 aliphatic carbocycles. The first kappa shape index (κ1) is 9.40. The number of benzene rings is 1. The normalized spacial score (nSPS) is 24.8. The Labute approximate surface area is 81.9 Å². The van der Waals surface area contributed by atoms with Gasteiger partial charge in [-0.3, -0.25) is 0 Å². The van der Waals surface area contributed by atoms with Crippen LogP contribution in [0.4, 0.5) is 0 Å². The van der Waals surface area contributed by atoms with Crippen LogP contribution in [0.2, 0.25) is 0 Å². The highest BCUT2D eigenvalue weighted by Crippen LogP contribution is 2.28. The third kappa shape index (κ3) is 1.46. The zero-order chi connectivity index (χ0) is 10.1. The molecular formula is C11H12O3. The number of aliphatic hydroxyl groups excluding tert-OH is 3. The summed E-state index contributed by atoms with van der Waals surface area (Å²) in [5.41, 5.74) is 2.30. The van der Waals surface area contributed by atoms with Gasteiger partial charge in [-0.15, -0.1) is 0 Å². The van der Waals surface area contributed by atoms with E-state index in [1.807, 2.05) is 6.07 Å². The molecule has 3 nitrogen and oxygen atoms in total. The molecule has 14 heavy (non-hydrogen) atoms. The van der Waals surface area contributed by atoms with Crippen molar-refractivity contribution in [2.24, 2.45) is 0 Å². The van der Waals surface area contributed by atoms with Crippen LogP contribution in [0.3, 0.4) is 0 Å². The quantitative estimate of drug-likeness (QED) is 0.610. The van der Waals surface area contributed by atoms with Crippen molar-refractivity contribution in [3.05, 3.63) is 41.0 Å². The van der Waals surface area contributed by atoms with Gasteiger partial charge < -0.3 is 15.3 Å². The topological polar surface area (TPSA) is 60.7 Å². The number of aliphatic hydroxyl groups is 3. The van der Waals surface area contributed by atoms with E-state index in [0.717, 1.165) is 11.1 Å². The van der Waals surface area contributed by atoms with Crippen molar-refractivity contribution in [2.45, 2.75) is 18.8 Å². The largest absolute Gasteiger partial charge is 0.392 e. The van der Waals surface area contributed by atoms with Gasteiger partial charge in [0.05, 0.1) is 6.61 Å². The zero-order valence-electron chi connectivity index (χ0n) is 7.59. The van der Waals surface area contributed by atoms with Crippen LogP contribution >= 0.6 is 0 Å². The summed E-state index contributed by atoms with van der Waals surface area (Å²) < 4.78 is 0. The zero-order valence-corrected chi connectivity index (χ0v) is 7.59. The van der Waals surface area contributed by atoms with E-state index < -0.39 is 12.2 Å². The number of fused-ring (bicyclic) bond motifs is 1. The van der Waals surface area contributed by atoms with Gasteiger partial charge in [-0.1, -0.05) is 30.4 Å². The predicted molar refractivity (Wildman–Crippen MR) is 52.4 cm³/mol. The van der Waals surface area contributed by atoms with E-state index in [2.05, 4.69) is 0 Å². The van der Waals surface area contributed by atoms with E-state index in [-0.39, 0.29) is 6.61 Å². The Morgan fingerprint density at radius 1 is 1.21 bits per heavy atom. The molecule has 1 aliphatic rings. The summed E-state index contributed by atoms with van der Waals surface area (Å²) in [6.45, 7) is -0.0557. The van der Waals surface area contributed by atoms with E-state index in [4.69, 9.17) is 5.11 Å². The fourth-order valence-electron chi connectivity index (χ4n) is 1.62. The Morgan fingerprint density at radius 2 is 2.00 bits per heavy atom. The van der Waals surface area contributed by atoms with Crippen molar-refractivity contribution in [1.29, 1.82) is 0 Å². The van der Waals surface area contributed by atoms with Crippen molar-refractivity contribution in [3.8, 4) is 0 Å². The standard InChI is InChI=1S/C11H12O3/c12-6-7-1-2-8-3-4-10(13)11(14)9(8)5-7/h1-5,10-14H,6H2. The van der Waals surface area contributed by atoms with Crippen LogP contribution in [0.15, 0.2) is 24.3 Å². The molecule has 74 valence electrons. The number of hydrogen-bond acceptors (Lipinski definition) is 3. The molecule has 0 saturated heterocycles. The molecule has 0 saturated carbocycles. The fourth-order valence-corrected chi connectivity index (χ4v) is 1.62. The molecule has 2 rings (SSSR count). The van der Waals surface area contributed by atoms with Gasteiger partial charge in [-0.2, -0.15) is 0 Å². The Bertz CT molecular complexity index is 371. The molecule has 0 spiro atoms. The summed E-state index contributed by atoms with van der Waals surface area (Å²) in [4.78, 5) is 0. The molecule has 1 aromatic rings. The average molecular weight is 192 g/mol. The minimum absolute atomic E-state index is 0.0557. The average Bonchev–Trinajstić information content (AvgIpc) is 2.23. The van der Waals surface area contributed by atoms with Gasteiger partial charge in [0.2, 0.25) is 0 Å². The van der Waals surface area contributed by atoms with Crippen LogP contribution in [-0.4, -0.2) is 21.4 Å². The monoisotopic (exact) mass is 192 g/mol. The highest BCUT2D eigenvalue weighted by atomic mass is 16.3. The number of rotatable bonds is 1. The second-order valence-corrected chi connectivity index (χ2v) is 3.42. The molecule has 2 unspecified atom stereocenters. The van der Waals surface area contributed by atoms with Crippen LogP contribution in [-0.2, 0) is 6.61 Å². The molecule has 0 aliphatic heterocycles. The van der Waals surface area contributed by atoms with Gasteiger partial charge >= 0.3 is 0 Å². The lowest BCUT2D eigenvalue weighted by Gasteiger charge is -2.22. The third-order valence-electron chi connectivity index (χ3n) is 2.45. The van der Waals surface area contributed by atoms with E-state index in [1.165, 1.54) is 0 Å². The molecule has 0 fully saturated rings. The van der Waals surface area contributed by atoms with Gasteiger partial charge in [0.25, 0.3) is 0 Å². The van der Waals surface area contributed by atoms with Crippen LogP contribution in [0.1, 0.15) is 22.8 Å². The van der Waals surface area contributed by atoms with Crippen molar-refractivity contribution in [2.75, 3.05) is 0 Å². The Kier molecular flexibility index (Phi) is 2.37. The summed E-state index contributed by atoms with van der Waals surface area (Å²) >= 11 is 0. The molecule has 0 heterocycles. The predicted octanol–water partition coefficient (Wildman–Crippen LogP) is 0.600. The maximum Gasteiger partial charge on any atom is 0.109 e. The van der Waals surface area contributed by atoms with Gasteiger partial charge in [0.15, 0.2) is 0 Å². The molecule has 0 bridgehead atoms. The molecule has 3 heteroatoms. The Balaban J connectivity index is 2.48. The van der Waals surface area contributed by atoms with Gasteiger partial charge in [0.1, 0.15) is 12.2 Å². The molecular weight excluding hydrogens is 180 g/mol. The highest BCUT2D eigenvalue weighted by molar-refractivity contribution is 5.59. The molecule has 1 aromatic carbocycles. The Hall–Kier alpha value is -1.16. The molecule has 3 N–H and O–H groups in total. The van der Waals surface area contributed by atoms with Crippen LogP contribution in [0, 0.1) is 0 Å². The van der Waals surface area contributed by atoms with E-state index >= 15 is 0 Å². The van der Waals surface area contributed by atoms with Crippen LogP contribution < -0.4 is 0 Å². The second kappa shape index (κ2) is 3.53. The third-order valence-corrected chi connectivity index (χ3v) is 2.45. The van der Waals surface area contributed by atoms with E-state index in [1.54, 1.807) is 24.3 Å². The van der Waals surface area contributed by atoms with E-state index in [0.29, 0.717) is 5.56 Å². The first-order valence-electron chi connectivity index (χ1n) is 4.50. The van der Waals surface area contributed by atoms with Crippen LogP contribution in [0.5, 0.6) is 0 Å². The summed E-state index contributed by atoms with van der Waals surface area (Å²) in [5.74, 6) is 0. The summed E-state index contributed by atoms with van der Waals surface area (Å²) in [6.07, 6.45) is 1.59. The van der Waals surface area contributed by atoms with Crippen LogP contribution in [0.25, 0.3) is 6.08 Å². The van der Waals surface area contributed by atoms with Crippen molar-refractivity contribution < 1.29 is 15.3 Å². The lowest BCUT2D eigenvalue weighted by molar-refractivity contribution is 0.0469. The summed E-state index contributed by atoms with van der Waals surface area (Å²) in [5, 5.41) is 28.0. The second-order valence-electron chi connectivity index (χ2n) is 3.42. The highest BCUT2D eigenvalue weighted by Gasteiger charge is 2.22. The maximum absolute atomic E-state index is 9.67. The molecule has 0 aromatic heterocycles. The number of hydrogen-bond donors (Lipinski definition) is 3. The molecule has 2 atom stereocenters. The fraction of sp³-hybridized carbons (Fsp3) is 0.273. The molecule has 0 amide bonds. The van der Waals surface area contributed by atoms with Gasteiger partial charge in [0, 0.05) is 0 Å². The maximum atomic E-state index is 9.67. The first-order chi connectivity index (χ1) is 6.72. The minimum Gasteiger partial charge on any atom is -0.392 e. The first-order valence-corrected chi connectivity index (χ1v) is 4.50. The SMILES string of the molecule is OCc1ccc2c(c1)C(O)C(O)C=C2. The minimum atomic E-state index is -0.888. The smallest absolute Gasteiger partial charge is 0.109 e. The van der Waals surface area contributed by atoms with Gasteiger partial charge in [-0.05, 0) is 16.7 Å². The summed E-state index contributed by atoms with van der Waals surface area (Å²) in [7, 11) is 0. The summed E-state index contributed by atoms with van der Waals surface area (Å²) in [6, 6.07) is 5.34. The van der Waals surface area contributed by atoms with Crippen molar-refractivity contribution in [1.82, 2.24) is 0 Å². The van der Waals surface area contributed by atoms with Crippen molar-refractivity contribution in [3.63, 3.8) is 0 Å². The van der Waals surface area contributed by atoms with E-state index in [9.17, 15) is 10.2 Å². The lowest BCUT2D eigenvalue weighted by atomic mass is 9.91.